The van der Waals surface area contributed by atoms with Crippen LogP contribution in [-0.4, -0.2) is 41.4 Å². The highest BCUT2D eigenvalue weighted by Gasteiger charge is 2.31. The van der Waals surface area contributed by atoms with Crippen LogP contribution in [0.5, 0.6) is 0 Å². The summed E-state index contributed by atoms with van der Waals surface area (Å²) in [6.07, 6.45) is 2.07. The Bertz CT molecular complexity index is 313. The van der Waals surface area contributed by atoms with E-state index in [1.54, 1.807) is 0 Å². The molecular weight excluding hydrogens is 266 g/mol. The monoisotopic (exact) mass is 291 g/mol. The zero-order valence-corrected chi connectivity index (χ0v) is 13.0. The standard InChI is InChI=1S/C13H25N3O2.ClH/c1-8(2)12(14)13(18)15-7-11(17)16-9(3)5-6-10(16)4;/h8-10,12H,5-7,14H2,1-4H3,(H,15,18);1H/t9?,10?,12-;/m0./s1. The van der Waals surface area contributed by atoms with Crippen molar-refractivity contribution in [1.82, 2.24) is 10.2 Å². The first-order chi connectivity index (χ1) is 8.34. The van der Waals surface area contributed by atoms with Gasteiger partial charge in [0, 0.05) is 12.1 Å². The Morgan fingerprint density at radius 2 is 1.74 bits per heavy atom. The summed E-state index contributed by atoms with van der Waals surface area (Å²) in [5.74, 6) is -0.195. The lowest BCUT2D eigenvalue weighted by Gasteiger charge is -2.26. The zero-order valence-electron chi connectivity index (χ0n) is 12.2. The normalized spacial score (nSPS) is 24.0. The average molecular weight is 292 g/mol. The molecule has 5 nitrogen and oxygen atoms in total. The second-order valence-electron chi connectivity index (χ2n) is 5.56. The number of carbonyl (C=O) groups is 2. The molecule has 1 saturated heterocycles. The molecule has 0 aromatic heterocycles. The molecule has 0 bridgehead atoms. The minimum Gasteiger partial charge on any atom is -0.346 e. The predicted octanol–water partition coefficient (Wildman–Crippen LogP) is 0.907. The fraction of sp³-hybridized carbons (Fsp3) is 0.846. The van der Waals surface area contributed by atoms with Gasteiger partial charge >= 0.3 is 0 Å². The topological polar surface area (TPSA) is 75.4 Å². The molecule has 1 heterocycles. The molecule has 2 amide bonds. The maximum absolute atomic E-state index is 12.0. The Balaban J connectivity index is 0.00000324. The van der Waals surface area contributed by atoms with Crippen molar-refractivity contribution in [2.75, 3.05) is 6.54 Å². The molecule has 112 valence electrons. The lowest BCUT2D eigenvalue weighted by atomic mass is 10.1. The fourth-order valence-electron chi connectivity index (χ4n) is 2.36. The van der Waals surface area contributed by atoms with E-state index < -0.39 is 6.04 Å². The summed E-state index contributed by atoms with van der Waals surface area (Å²) in [6, 6.07) is -0.0161. The van der Waals surface area contributed by atoms with E-state index in [4.69, 9.17) is 5.73 Å². The summed E-state index contributed by atoms with van der Waals surface area (Å²) >= 11 is 0. The number of likely N-dealkylation sites (tertiary alicyclic amines) is 1. The third-order valence-corrected chi connectivity index (χ3v) is 3.67. The maximum atomic E-state index is 12.0. The number of nitrogens with one attached hydrogen (secondary N) is 1. The van der Waals surface area contributed by atoms with E-state index in [1.807, 2.05) is 32.6 Å². The van der Waals surface area contributed by atoms with Crippen molar-refractivity contribution >= 4 is 24.2 Å². The summed E-state index contributed by atoms with van der Waals surface area (Å²) in [5.41, 5.74) is 5.72. The Hall–Kier alpha value is -0.810. The van der Waals surface area contributed by atoms with Crippen LogP contribution in [0.25, 0.3) is 0 Å². The van der Waals surface area contributed by atoms with Crippen LogP contribution >= 0.6 is 12.4 Å². The number of nitrogens with zero attached hydrogens (tertiary/aromatic N) is 1. The zero-order chi connectivity index (χ0) is 13.9. The van der Waals surface area contributed by atoms with E-state index in [1.165, 1.54) is 0 Å². The third-order valence-electron chi connectivity index (χ3n) is 3.67. The van der Waals surface area contributed by atoms with Crippen molar-refractivity contribution < 1.29 is 9.59 Å². The van der Waals surface area contributed by atoms with Gasteiger partial charge in [-0.05, 0) is 32.6 Å². The van der Waals surface area contributed by atoms with Gasteiger partial charge in [-0.2, -0.15) is 0 Å². The van der Waals surface area contributed by atoms with Crippen LogP contribution in [0.3, 0.4) is 0 Å². The predicted molar refractivity (Wildman–Crippen MR) is 78.1 cm³/mol. The van der Waals surface area contributed by atoms with Gasteiger partial charge in [0.2, 0.25) is 11.8 Å². The molecule has 0 aliphatic carbocycles. The van der Waals surface area contributed by atoms with Crippen molar-refractivity contribution in [3.63, 3.8) is 0 Å². The number of hydrogen-bond donors (Lipinski definition) is 2. The third kappa shape index (κ3) is 4.66. The minimum absolute atomic E-state index is 0. The van der Waals surface area contributed by atoms with Crippen molar-refractivity contribution in [2.24, 2.45) is 11.7 Å². The van der Waals surface area contributed by atoms with Gasteiger partial charge in [0.15, 0.2) is 0 Å². The van der Waals surface area contributed by atoms with Crippen LogP contribution in [0.1, 0.15) is 40.5 Å². The van der Waals surface area contributed by atoms with Gasteiger partial charge in [0.05, 0.1) is 12.6 Å². The molecule has 19 heavy (non-hydrogen) atoms. The molecule has 2 unspecified atom stereocenters. The van der Waals surface area contributed by atoms with E-state index in [0.29, 0.717) is 0 Å². The molecule has 0 saturated carbocycles. The quantitative estimate of drug-likeness (QED) is 0.808. The Kier molecular flexibility index (Phi) is 7.37. The van der Waals surface area contributed by atoms with E-state index in [-0.39, 0.29) is 48.8 Å². The smallest absolute Gasteiger partial charge is 0.242 e. The molecular formula is C13H26ClN3O2. The molecule has 3 atom stereocenters. The number of nitrogens with two attached hydrogens (primary N) is 1. The van der Waals surface area contributed by atoms with Crippen LogP contribution in [0.2, 0.25) is 0 Å². The molecule has 1 aliphatic heterocycles. The first kappa shape index (κ1) is 18.2. The fourth-order valence-corrected chi connectivity index (χ4v) is 2.36. The van der Waals surface area contributed by atoms with Crippen molar-refractivity contribution in [3.8, 4) is 0 Å². The van der Waals surface area contributed by atoms with Crippen LogP contribution in [0.15, 0.2) is 0 Å². The molecule has 1 aliphatic rings. The van der Waals surface area contributed by atoms with E-state index in [2.05, 4.69) is 5.32 Å². The van der Waals surface area contributed by atoms with Gasteiger partial charge in [0.25, 0.3) is 0 Å². The molecule has 0 spiro atoms. The summed E-state index contributed by atoms with van der Waals surface area (Å²) in [6.45, 7) is 7.91. The number of rotatable bonds is 4. The first-order valence-electron chi connectivity index (χ1n) is 6.69. The van der Waals surface area contributed by atoms with E-state index in [0.717, 1.165) is 12.8 Å². The van der Waals surface area contributed by atoms with Crippen LogP contribution in [0.4, 0.5) is 0 Å². The summed E-state index contributed by atoms with van der Waals surface area (Å²) < 4.78 is 0. The Morgan fingerprint density at radius 3 is 2.16 bits per heavy atom. The number of hydrogen-bond acceptors (Lipinski definition) is 3. The summed E-state index contributed by atoms with van der Waals surface area (Å²) in [5, 5.41) is 2.63. The van der Waals surface area contributed by atoms with Gasteiger partial charge < -0.3 is 16.0 Å². The van der Waals surface area contributed by atoms with Crippen LogP contribution in [0, 0.1) is 5.92 Å². The largest absolute Gasteiger partial charge is 0.346 e. The van der Waals surface area contributed by atoms with Crippen LogP contribution < -0.4 is 11.1 Å². The highest BCUT2D eigenvalue weighted by Crippen LogP contribution is 2.23. The number of carbonyl (C=O) groups excluding carboxylic acids is 2. The maximum Gasteiger partial charge on any atom is 0.242 e. The molecule has 1 fully saturated rings. The van der Waals surface area contributed by atoms with Crippen molar-refractivity contribution in [1.29, 1.82) is 0 Å². The van der Waals surface area contributed by atoms with Crippen molar-refractivity contribution in [2.45, 2.75) is 58.7 Å². The molecule has 6 heteroatoms. The van der Waals surface area contributed by atoms with Gasteiger partial charge in [-0.3, -0.25) is 9.59 Å². The highest BCUT2D eigenvalue weighted by molar-refractivity contribution is 5.87. The summed E-state index contributed by atoms with van der Waals surface area (Å²) in [4.78, 5) is 25.6. The summed E-state index contributed by atoms with van der Waals surface area (Å²) in [7, 11) is 0. The highest BCUT2D eigenvalue weighted by atomic mass is 35.5. The average Bonchev–Trinajstić information content (AvgIpc) is 2.64. The molecule has 3 N–H and O–H groups in total. The first-order valence-corrected chi connectivity index (χ1v) is 6.69. The Labute approximate surface area is 121 Å². The van der Waals surface area contributed by atoms with Crippen molar-refractivity contribution in [3.05, 3.63) is 0 Å². The molecule has 0 radical (unpaired) electrons. The van der Waals surface area contributed by atoms with Gasteiger partial charge in [0.1, 0.15) is 0 Å². The van der Waals surface area contributed by atoms with E-state index in [9.17, 15) is 9.59 Å². The second-order valence-corrected chi connectivity index (χ2v) is 5.56. The van der Waals surface area contributed by atoms with Gasteiger partial charge in [-0.1, -0.05) is 13.8 Å². The molecule has 0 aromatic rings. The number of amides is 2. The lowest BCUT2D eigenvalue weighted by Crippen LogP contribution is -2.49. The lowest BCUT2D eigenvalue weighted by molar-refractivity contribution is -0.135. The van der Waals surface area contributed by atoms with Gasteiger partial charge in [-0.25, -0.2) is 0 Å². The van der Waals surface area contributed by atoms with Gasteiger partial charge in [-0.15, -0.1) is 12.4 Å². The minimum atomic E-state index is -0.550. The van der Waals surface area contributed by atoms with E-state index >= 15 is 0 Å². The SMILES string of the molecule is CC(C)[C@H](N)C(=O)NCC(=O)N1C(C)CCC1C.Cl. The van der Waals surface area contributed by atoms with Crippen LogP contribution in [-0.2, 0) is 9.59 Å². The molecule has 1 rings (SSSR count). The second kappa shape index (κ2) is 7.70. The number of halogens is 1. The molecule has 0 aromatic carbocycles. The Morgan fingerprint density at radius 1 is 1.26 bits per heavy atom.